The Bertz CT molecular complexity index is 535. The van der Waals surface area contributed by atoms with Crippen LogP contribution < -0.4 is 5.32 Å². The quantitative estimate of drug-likeness (QED) is 0.819. The third-order valence-corrected chi connectivity index (χ3v) is 6.26. The lowest BCUT2D eigenvalue weighted by Gasteiger charge is -2.10. The standard InChI is InChI=1S/C15H23NO2S2/c1-12-7-13(2)9-14(8-12)10-19-5-4-16-15-3-6-20(17,18)11-15/h7-9,15-16H,3-6,10-11H2,1-2H3. The first kappa shape index (κ1) is 15.9. The maximum atomic E-state index is 11.3. The Labute approximate surface area is 126 Å². The number of aryl methyl sites for hydroxylation is 2. The summed E-state index contributed by atoms with van der Waals surface area (Å²) < 4.78 is 22.7. The molecule has 20 heavy (non-hydrogen) atoms. The predicted molar refractivity (Wildman–Crippen MR) is 87.1 cm³/mol. The monoisotopic (exact) mass is 313 g/mol. The Morgan fingerprint density at radius 3 is 2.55 bits per heavy atom. The molecule has 3 nitrogen and oxygen atoms in total. The van der Waals surface area contributed by atoms with Crippen LogP contribution in [0.5, 0.6) is 0 Å². The third kappa shape index (κ3) is 5.11. The minimum absolute atomic E-state index is 0.168. The number of thioether (sulfide) groups is 1. The number of benzene rings is 1. The number of sulfone groups is 1. The zero-order valence-electron chi connectivity index (χ0n) is 12.2. The fourth-order valence-electron chi connectivity index (χ4n) is 2.63. The Morgan fingerprint density at radius 2 is 1.95 bits per heavy atom. The molecule has 0 bridgehead atoms. The van der Waals surface area contributed by atoms with E-state index in [9.17, 15) is 8.42 Å². The Morgan fingerprint density at radius 1 is 1.25 bits per heavy atom. The molecule has 1 aliphatic rings. The molecular weight excluding hydrogens is 290 g/mol. The summed E-state index contributed by atoms with van der Waals surface area (Å²) in [5, 5.41) is 3.35. The fourth-order valence-corrected chi connectivity index (χ4v) is 5.15. The van der Waals surface area contributed by atoms with Crippen molar-refractivity contribution in [3.8, 4) is 0 Å². The maximum Gasteiger partial charge on any atom is 0.151 e. The maximum absolute atomic E-state index is 11.3. The highest BCUT2D eigenvalue weighted by molar-refractivity contribution is 7.98. The van der Waals surface area contributed by atoms with Crippen molar-refractivity contribution in [3.05, 3.63) is 34.9 Å². The molecule has 2 rings (SSSR count). The van der Waals surface area contributed by atoms with Crippen LogP contribution >= 0.6 is 11.8 Å². The Kier molecular flexibility index (Phi) is 5.52. The number of nitrogens with one attached hydrogen (secondary N) is 1. The zero-order chi connectivity index (χ0) is 14.6. The summed E-state index contributed by atoms with van der Waals surface area (Å²) in [6.07, 6.45) is 0.768. The largest absolute Gasteiger partial charge is 0.312 e. The second-order valence-electron chi connectivity index (χ2n) is 5.60. The summed E-state index contributed by atoms with van der Waals surface area (Å²) in [4.78, 5) is 0. The first-order valence-corrected chi connectivity index (χ1v) is 10.0. The van der Waals surface area contributed by atoms with Crippen LogP contribution in [-0.4, -0.2) is 38.3 Å². The van der Waals surface area contributed by atoms with Gasteiger partial charge in [-0.3, -0.25) is 0 Å². The van der Waals surface area contributed by atoms with Gasteiger partial charge in [0, 0.05) is 24.1 Å². The third-order valence-electron chi connectivity index (χ3n) is 3.46. The van der Waals surface area contributed by atoms with Gasteiger partial charge >= 0.3 is 0 Å². The Balaban J connectivity index is 1.64. The average molecular weight is 313 g/mol. The normalized spacial score (nSPS) is 21.2. The molecular formula is C15H23NO2S2. The van der Waals surface area contributed by atoms with Crippen molar-refractivity contribution in [1.82, 2.24) is 5.32 Å². The van der Waals surface area contributed by atoms with E-state index >= 15 is 0 Å². The summed E-state index contributed by atoms with van der Waals surface area (Å²) in [6, 6.07) is 6.83. The molecule has 1 saturated heterocycles. The summed E-state index contributed by atoms with van der Waals surface area (Å²) in [6.45, 7) is 5.14. The van der Waals surface area contributed by atoms with E-state index in [1.54, 1.807) is 0 Å². The number of hydrogen-bond acceptors (Lipinski definition) is 4. The SMILES string of the molecule is Cc1cc(C)cc(CSCCNC2CCS(=O)(=O)C2)c1. The fraction of sp³-hybridized carbons (Fsp3) is 0.600. The van der Waals surface area contributed by atoms with Crippen LogP contribution in [0.2, 0.25) is 0 Å². The summed E-state index contributed by atoms with van der Waals surface area (Å²) in [5.74, 6) is 2.70. The molecule has 1 heterocycles. The van der Waals surface area contributed by atoms with E-state index in [0.29, 0.717) is 11.5 Å². The highest BCUT2D eigenvalue weighted by Crippen LogP contribution is 2.16. The van der Waals surface area contributed by atoms with Crippen molar-refractivity contribution in [2.45, 2.75) is 32.1 Å². The molecule has 1 fully saturated rings. The topological polar surface area (TPSA) is 46.2 Å². The van der Waals surface area contributed by atoms with Gasteiger partial charge in [0.05, 0.1) is 11.5 Å². The van der Waals surface area contributed by atoms with E-state index in [4.69, 9.17) is 0 Å². The predicted octanol–water partition coefficient (Wildman–Crippen LogP) is 2.31. The van der Waals surface area contributed by atoms with E-state index < -0.39 is 9.84 Å². The average Bonchev–Trinajstić information content (AvgIpc) is 2.67. The highest BCUT2D eigenvalue weighted by atomic mass is 32.2. The zero-order valence-corrected chi connectivity index (χ0v) is 13.8. The highest BCUT2D eigenvalue weighted by Gasteiger charge is 2.26. The molecule has 1 aliphatic heterocycles. The lowest BCUT2D eigenvalue weighted by molar-refractivity contribution is 0.575. The van der Waals surface area contributed by atoms with Gasteiger partial charge in [0.15, 0.2) is 9.84 Å². The van der Waals surface area contributed by atoms with Gasteiger partial charge in [0.1, 0.15) is 0 Å². The lowest BCUT2D eigenvalue weighted by atomic mass is 10.1. The van der Waals surface area contributed by atoms with Crippen molar-refractivity contribution in [3.63, 3.8) is 0 Å². The molecule has 1 aromatic rings. The van der Waals surface area contributed by atoms with Crippen molar-refractivity contribution in [2.24, 2.45) is 0 Å². The van der Waals surface area contributed by atoms with Crippen LogP contribution in [0.1, 0.15) is 23.1 Å². The van der Waals surface area contributed by atoms with Gasteiger partial charge in [-0.15, -0.1) is 0 Å². The van der Waals surface area contributed by atoms with Crippen LogP contribution in [0, 0.1) is 13.8 Å². The van der Waals surface area contributed by atoms with Gasteiger partial charge in [-0.25, -0.2) is 8.42 Å². The molecule has 0 aromatic heterocycles. The van der Waals surface area contributed by atoms with Crippen molar-refractivity contribution in [2.75, 3.05) is 23.8 Å². The van der Waals surface area contributed by atoms with Crippen LogP contribution in [-0.2, 0) is 15.6 Å². The second-order valence-corrected chi connectivity index (χ2v) is 8.94. The molecule has 1 N–H and O–H groups in total. The number of hydrogen-bond donors (Lipinski definition) is 1. The molecule has 0 saturated carbocycles. The van der Waals surface area contributed by atoms with E-state index in [0.717, 1.165) is 24.5 Å². The first-order chi connectivity index (χ1) is 9.44. The van der Waals surface area contributed by atoms with Gasteiger partial charge in [-0.1, -0.05) is 29.3 Å². The molecule has 1 unspecified atom stereocenters. The lowest BCUT2D eigenvalue weighted by Crippen LogP contribution is -2.31. The van der Waals surface area contributed by atoms with Crippen LogP contribution in [0.25, 0.3) is 0 Å². The van der Waals surface area contributed by atoms with Crippen LogP contribution in [0.3, 0.4) is 0 Å². The Hall–Kier alpha value is -0.520. The summed E-state index contributed by atoms with van der Waals surface area (Å²) in [5.41, 5.74) is 4.00. The van der Waals surface area contributed by atoms with Gasteiger partial charge in [-0.2, -0.15) is 11.8 Å². The van der Waals surface area contributed by atoms with Crippen LogP contribution in [0.15, 0.2) is 18.2 Å². The van der Waals surface area contributed by atoms with E-state index in [1.807, 2.05) is 11.8 Å². The molecule has 0 aliphatic carbocycles. The van der Waals surface area contributed by atoms with Crippen molar-refractivity contribution < 1.29 is 8.42 Å². The minimum atomic E-state index is -2.76. The van der Waals surface area contributed by atoms with E-state index in [-0.39, 0.29) is 6.04 Å². The van der Waals surface area contributed by atoms with E-state index in [1.165, 1.54) is 16.7 Å². The van der Waals surface area contributed by atoms with Crippen LogP contribution in [0.4, 0.5) is 0 Å². The number of rotatable bonds is 6. The van der Waals surface area contributed by atoms with Crippen molar-refractivity contribution in [1.29, 1.82) is 0 Å². The molecule has 5 heteroatoms. The summed E-state index contributed by atoms with van der Waals surface area (Å²) in [7, 11) is -2.76. The van der Waals surface area contributed by atoms with Gasteiger partial charge in [0.25, 0.3) is 0 Å². The molecule has 0 spiro atoms. The minimum Gasteiger partial charge on any atom is -0.312 e. The first-order valence-electron chi connectivity index (χ1n) is 7.03. The molecule has 112 valence electrons. The van der Waals surface area contributed by atoms with Gasteiger partial charge in [-0.05, 0) is 25.8 Å². The molecule has 0 amide bonds. The summed E-state index contributed by atoms with van der Waals surface area (Å²) >= 11 is 1.90. The molecule has 0 radical (unpaired) electrons. The second kappa shape index (κ2) is 6.96. The van der Waals surface area contributed by atoms with E-state index in [2.05, 4.69) is 37.4 Å². The molecule has 1 aromatic carbocycles. The van der Waals surface area contributed by atoms with Gasteiger partial charge < -0.3 is 5.32 Å². The van der Waals surface area contributed by atoms with Crippen molar-refractivity contribution >= 4 is 21.6 Å². The smallest absolute Gasteiger partial charge is 0.151 e. The molecule has 1 atom stereocenters. The van der Waals surface area contributed by atoms with Gasteiger partial charge in [0.2, 0.25) is 0 Å².